The fraction of sp³-hybridized carbons (Fsp3) is 0.100. The molecule has 2 rings (SSSR count). The minimum Gasteiger partial charge on any atom is -0.398 e. The van der Waals surface area contributed by atoms with E-state index in [-0.39, 0.29) is 0 Å². The Labute approximate surface area is 94.9 Å². The smallest absolute Gasteiger partial charge is 0.0900 e. The van der Waals surface area contributed by atoms with E-state index >= 15 is 0 Å². The Balaban J connectivity index is 2.47. The summed E-state index contributed by atoms with van der Waals surface area (Å²) in [6, 6.07) is 5.95. The largest absolute Gasteiger partial charge is 0.398 e. The van der Waals surface area contributed by atoms with E-state index in [4.69, 9.17) is 5.73 Å². The van der Waals surface area contributed by atoms with E-state index in [1.54, 1.807) is 11.3 Å². The quantitative estimate of drug-likeness (QED) is 0.805. The fourth-order valence-electron chi connectivity index (χ4n) is 1.19. The molecule has 2 N–H and O–H groups in total. The van der Waals surface area contributed by atoms with Gasteiger partial charge in [0.15, 0.2) is 0 Å². The number of aryl methyl sites for hydroxylation is 1. The first-order valence-corrected chi connectivity index (χ1v) is 5.75. The lowest BCUT2D eigenvalue weighted by Gasteiger charge is -2.00. The van der Waals surface area contributed by atoms with Crippen LogP contribution in [0, 0.1) is 6.92 Å². The molecule has 0 amide bonds. The van der Waals surface area contributed by atoms with Crippen LogP contribution in [0.25, 0.3) is 10.4 Å². The van der Waals surface area contributed by atoms with E-state index < -0.39 is 0 Å². The number of hydrogen-bond donors (Lipinski definition) is 1. The molecule has 0 aliphatic heterocycles. The summed E-state index contributed by atoms with van der Waals surface area (Å²) in [7, 11) is 0. The second-order valence-corrected chi connectivity index (χ2v) is 5.07. The molecule has 4 heteroatoms. The number of rotatable bonds is 1. The molecule has 2 aromatic rings. The number of benzene rings is 1. The summed E-state index contributed by atoms with van der Waals surface area (Å²) in [6.45, 7) is 2.00. The zero-order chi connectivity index (χ0) is 10.1. The van der Waals surface area contributed by atoms with Crippen LogP contribution in [0.2, 0.25) is 0 Å². The Hall–Kier alpha value is -0.870. The summed E-state index contributed by atoms with van der Waals surface area (Å²) in [5.74, 6) is 0. The van der Waals surface area contributed by atoms with Crippen LogP contribution < -0.4 is 5.73 Å². The summed E-state index contributed by atoms with van der Waals surface area (Å²) in [5.41, 5.74) is 7.68. The molecule has 0 unspecified atom stereocenters. The summed E-state index contributed by atoms with van der Waals surface area (Å²) >= 11 is 5.04. The topological polar surface area (TPSA) is 38.9 Å². The number of hydrogen-bond acceptors (Lipinski definition) is 3. The lowest BCUT2D eigenvalue weighted by atomic mass is 10.2. The molecule has 14 heavy (non-hydrogen) atoms. The van der Waals surface area contributed by atoms with E-state index in [2.05, 4.69) is 20.9 Å². The Bertz CT molecular complexity index is 465. The van der Waals surface area contributed by atoms with Gasteiger partial charge in [0.25, 0.3) is 0 Å². The van der Waals surface area contributed by atoms with Crippen molar-refractivity contribution >= 4 is 33.0 Å². The first kappa shape index (κ1) is 9.68. The SMILES string of the molecule is Cc1ncc(-c2ccc(Br)c(N)c2)s1. The third kappa shape index (κ3) is 1.81. The Kier molecular flexibility index (Phi) is 2.56. The van der Waals surface area contributed by atoms with Crippen LogP contribution in [0.5, 0.6) is 0 Å². The average molecular weight is 269 g/mol. The predicted molar refractivity (Wildman–Crippen MR) is 64.4 cm³/mol. The van der Waals surface area contributed by atoms with Crippen LogP contribution in [0.15, 0.2) is 28.9 Å². The first-order chi connectivity index (χ1) is 6.66. The highest BCUT2D eigenvalue weighted by atomic mass is 79.9. The van der Waals surface area contributed by atoms with Gasteiger partial charge >= 0.3 is 0 Å². The molecule has 0 spiro atoms. The molecule has 0 radical (unpaired) electrons. The van der Waals surface area contributed by atoms with Crippen molar-refractivity contribution in [2.75, 3.05) is 5.73 Å². The lowest BCUT2D eigenvalue weighted by Crippen LogP contribution is -1.86. The van der Waals surface area contributed by atoms with Gasteiger partial charge in [0, 0.05) is 16.4 Å². The van der Waals surface area contributed by atoms with E-state index in [0.29, 0.717) is 0 Å². The number of nitrogens with two attached hydrogens (primary N) is 1. The van der Waals surface area contributed by atoms with Crippen LogP contribution in [0.3, 0.4) is 0 Å². The maximum absolute atomic E-state index is 5.80. The predicted octanol–water partition coefficient (Wildman–Crippen LogP) is 3.46. The molecule has 0 fully saturated rings. The minimum atomic E-state index is 0.758. The third-order valence-electron chi connectivity index (χ3n) is 1.90. The normalized spacial score (nSPS) is 10.4. The van der Waals surface area contributed by atoms with Gasteiger partial charge in [-0.3, -0.25) is 0 Å². The van der Waals surface area contributed by atoms with Gasteiger partial charge in [0.05, 0.1) is 9.88 Å². The monoisotopic (exact) mass is 268 g/mol. The number of nitrogen functional groups attached to an aromatic ring is 1. The zero-order valence-corrected chi connectivity index (χ0v) is 10.0. The van der Waals surface area contributed by atoms with Crippen LogP contribution in [0.1, 0.15) is 5.01 Å². The molecule has 72 valence electrons. The molecular formula is C10H9BrN2S. The van der Waals surface area contributed by atoms with E-state index in [1.165, 1.54) is 0 Å². The molecular weight excluding hydrogens is 260 g/mol. The van der Waals surface area contributed by atoms with Crippen LogP contribution in [-0.4, -0.2) is 4.98 Å². The van der Waals surface area contributed by atoms with Crippen molar-refractivity contribution in [2.45, 2.75) is 6.92 Å². The Morgan fingerprint density at radius 1 is 1.43 bits per heavy atom. The molecule has 0 saturated heterocycles. The molecule has 1 aromatic carbocycles. The molecule has 0 atom stereocenters. The van der Waals surface area contributed by atoms with Gasteiger partial charge in [-0.1, -0.05) is 6.07 Å². The highest BCUT2D eigenvalue weighted by molar-refractivity contribution is 9.10. The first-order valence-electron chi connectivity index (χ1n) is 4.14. The van der Waals surface area contributed by atoms with Crippen LogP contribution in [-0.2, 0) is 0 Å². The molecule has 0 saturated carbocycles. The molecule has 1 aromatic heterocycles. The average Bonchev–Trinajstić information content (AvgIpc) is 2.57. The number of nitrogens with zero attached hydrogens (tertiary/aromatic N) is 1. The molecule has 1 heterocycles. The van der Waals surface area contributed by atoms with Crippen molar-refractivity contribution < 1.29 is 0 Å². The van der Waals surface area contributed by atoms with Crippen LogP contribution in [0.4, 0.5) is 5.69 Å². The summed E-state index contributed by atoms with van der Waals surface area (Å²) in [5, 5.41) is 1.07. The zero-order valence-electron chi connectivity index (χ0n) is 7.62. The van der Waals surface area contributed by atoms with Crippen LogP contribution >= 0.6 is 27.3 Å². The van der Waals surface area contributed by atoms with Crippen molar-refractivity contribution in [3.05, 3.63) is 33.9 Å². The van der Waals surface area contributed by atoms with Gasteiger partial charge in [0.1, 0.15) is 0 Å². The van der Waals surface area contributed by atoms with Gasteiger partial charge in [-0.05, 0) is 40.5 Å². The lowest BCUT2D eigenvalue weighted by molar-refractivity contribution is 1.30. The van der Waals surface area contributed by atoms with Gasteiger partial charge in [-0.2, -0.15) is 0 Å². The Morgan fingerprint density at radius 3 is 2.79 bits per heavy atom. The standard InChI is InChI=1S/C10H9BrN2S/c1-6-13-5-10(14-6)7-2-3-8(11)9(12)4-7/h2-5H,12H2,1H3. The Morgan fingerprint density at radius 2 is 2.21 bits per heavy atom. The van der Waals surface area contributed by atoms with Crippen molar-refractivity contribution in [3.63, 3.8) is 0 Å². The number of aromatic nitrogens is 1. The summed E-state index contributed by atoms with van der Waals surface area (Å²) in [4.78, 5) is 5.37. The van der Waals surface area contributed by atoms with Gasteiger partial charge in [0.2, 0.25) is 0 Å². The third-order valence-corrected chi connectivity index (χ3v) is 3.59. The van der Waals surface area contributed by atoms with Crippen molar-refractivity contribution in [1.29, 1.82) is 0 Å². The fourth-order valence-corrected chi connectivity index (χ4v) is 2.21. The van der Waals surface area contributed by atoms with E-state index in [0.717, 1.165) is 25.6 Å². The number of thiazole rings is 1. The minimum absolute atomic E-state index is 0.758. The van der Waals surface area contributed by atoms with Gasteiger partial charge in [-0.15, -0.1) is 11.3 Å². The highest BCUT2D eigenvalue weighted by Gasteiger charge is 2.03. The van der Waals surface area contributed by atoms with Crippen molar-refractivity contribution in [1.82, 2.24) is 4.98 Å². The van der Waals surface area contributed by atoms with Crippen molar-refractivity contribution in [2.24, 2.45) is 0 Å². The van der Waals surface area contributed by atoms with Gasteiger partial charge < -0.3 is 5.73 Å². The maximum atomic E-state index is 5.80. The molecule has 0 aliphatic rings. The summed E-state index contributed by atoms with van der Waals surface area (Å²) in [6.07, 6.45) is 1.88. The van der Waals surface area contributed by atoms with Crippen molar-refractivity contribution in [3.8, 4) is 10.4 Å². The summed E-state index contributed by atoms with van der Waals surface area (Å²) < 4.78 is 0.933. The second-order valence-electron chi connectivity index (χ2n) is 2.98. The maximum Gasteiger partial charge on any atom is 0.0900 e. The van der Waals surface area contributed by atoms with E-state index in [9.17, 15) is 0 Å². The van der Waals surface area contributed by atoms with Gasteiger partial charge in [-0.25, -0.2) is 4.98 Å². The number of anilines is 1. The number of halogens is 1. The second kappa shape index (κ2) is 3.71. The van der Waals surface area contributed by atoms with E-state index in [1.807, 2.05) is 31.3 Å². The molecule has 0 bridgehead atoms. The molecule has 2 nitrogen and oxygen atoms in total. The molecule has 0 aliphatic carbocycles. The highest BCUT2D eigenvalue weighted by Crippen LogP contribution is 2.30.